The van der Waals surface area contributed by atoms with Crippen molar-refractivity contribution in [1.82, 2.24) is 4.57 Å². The van der Waals surface area contributed by atoms with Gasteiger partial charge in [0.1, 0.15) is 11.2 Å². The van der Waals surface area contributed by atoms with Crippen molar-refractivity contribution in [3.05, 3.63) is 265 Å². The largest absolute Gasteiger partial charge is 0.456 e. The van der Waals surface area contributed by atoms with Gasteiger partial charge in [-0.1, -0.05) is 185 Å². The molecule has 0 saturated carbocycles. The SMILES string of the molecule is CC1(C)c2ccccc2-c2ccc(N(c3ccc(-c4ccc5c(c4)c4cc6c(cc4n5-c4cc(-c5ccccc5)cc(-c5ccccc5)c4)C(C)(C)c4ccccc4-6)cc3)c3cccc4oc5ccccc5c34)cc21. The van der Waals surface area contributed by atoms with Gasteiger partial charge in [0, 0.05) is 44.1 Å². The normalized spacial score (nSPS) is 13.8. The average Bonchev–Trinajstić information content (AvgIpc) is 4.23. The number of hydrogen-bond donors (Lipinski definition) is 0. The second-order valence-corrected chi connectivity index (χ2v) is 21.7. The van der Waals surface area contributed by atoms with Crippen molar-refractivity contribution in [2.45, 2.75) is 38.5 Å². The van der Waals surface area contributed by atoms with Crippen LogP contribution < -0.4 is 4.90 Å². The third kappa shape index (κ3) is 6.54. The molecule has 13 aromatic rings. The maximum atomic E-state index is 6.51. The Kier molecular flexibility index (Phi) is 9.35. The maximum absolute atomic E-state index is 6.51. The second-order valence-electron chi connectivity index (χ2n) is 21.7. The van der Waals surface area contributed by atoms with Gasteiger partial charge in [-0.15, -0.1) is 0 Å². The van der Waals surface area contributed by atoms with Gasteiger partial charge in [0.05, 0.1) is 22.1 Å². The molecule has 11 aromatic carbocycles. The number of fused-ring (bicyclic) bond motifs is 12. The maximum Gasteiger partial charge on any atom is 0.137 e. The number of para-hydroxylation sites is 1. The Morgan fingerprint density at radius 1 is 0.333 bits per heavy atom. The summed E-state index contributed by atoms with van der Waals surface area (Å²) in [4.78, 5) is 2.43. The minimum Gasteiger partial charge on any atom is -0.456 e. The lowest BCUT2D eigenvalue weighted by Gasteiger charge is -2.28. The van der Waals surface area contributed by atoms with Crippen LogP contribution in [0.1, 0.15) is 49.9 Å². The van der Waals surface area contributed by atoms with Crippen LogP contribution in [0.15, 0.2) is 247 Å². The second kappa shape index (κ2) is 16.2. The number of aromatic nitrogens is 1. The molecule has 0 unspecified atom stereocenters. The molecule has 3 heteroatoms. The molecule has 75 heavy (non-hydrogen) atoms. The third-order valence-corrected chi connectivity index (χ3v) is 16.8. The first-order chi connectivity index (χ1) is 36.7. The Balaban J connectivity index is 0.914. The molecule has 2 heterocycles. The monoisotopic (exact) mass is 960 g/mol. The molecule has 0 aliphatic heterocycles. The summed E-state index contributed by atoms with van der Waals surface area (Å²) >= 11 is 0. The predicted octanol–water partition coefficient (Wildman–Crippen LogP) is 19.8. The van der Waals surface area contributed by atoms with E-state index in [1.807, 2.05) is 6.07 Å². The fraction of sp³-hybridized carbons (Fsp3) is 0.0833. The first kappa shape index (κ1) is 43.4. The standard InChI is InChI=1S/C72H52N2O/c1-71(2)61-25-14-11-22-54(61)56-36-35-52(42-63(56)71)73(66-27-17-29-69-70(66)57-24-13-16-28-68(57)75-69)51-33-30-47(31-34-51)48-32-37-65-59(41-48)60-43-58-55-23-12-15-26-62(55)72(3,4)64(58)44-67(60)74(65)53-39-49(45-18-7-5-8-19-45)38-50(40-53)46-20-9-6-10-21-46/h5-44H,1-4H3. The molecule has 0 amide bonds. The van der Waals surface area contributed by atoms with Crippen molar-refractivity contribution in [3.63, 3.8) is 0 Å². The molecule has 2 aliphatic carbocycles. The molecule has 0 spiro atoms. The van der Waals surface area contributed by atoms with Crippen LogP contribution in [0.2, 0.25) is 0 Å². The summed E-state index contributed by atoms with van der Waals surface area (Å²) in [6, 6.07) is 89.7. The molecule has 0 N–H and O–H groups in total. The Hall–Kier alpha value is -9.18. The molecule has 2 aromatic heterocycles. The summed E-state index contributed by atoms with van der Waals surface area (Å²) < 4.78 is 9.03. The molecule has 3 nitrogen and oxygen atoms in total. The summed E-state index contributed by atoms with van der Waals surface area (Å²) in [6.07, 6.45) is 0. The van der Waals surface area contributed by atoms with Crippen LogP contribution in [0.5, 0.6) is 0 Å². The summed E-state index contributed by atoms with van der Waals surface area (Å²) in [6.45, 7) is 9.47. The van der Waals surface area contributed by atoms with E-state index in [2.05, 4.69) is 274 Å². The van der Waals surface area contributed by atoms with E-state index in [4.69, 9.17) is 4.42 Å². The van der Waals surface area contributed by atoms with Gasteiger partial charge in [0.2, 0.25) is 0 Å². The minimum atomic E-state index is -0.152. The number of nitrogens with zero attached hydrogens (tertiary/aromatic N) is 2. The lowest BCUT2D eigenvalue weighted by molar-refractivity contribution is 0.660. The molecule has 356 valence electrons. The van der Waals surface area contributed by atoms with E-state index in [0.717, 1.165) is 50.3 Å². The van der Waals surface area contributed by atoms with Crippen molar-refractivity contribution in [2.24, 2.45) is 0 Å². The molecule has 0 fully saturated rings. The van der Waals surface area contributed by atoms with Crippen molar-refractivity contribution >= 4 is 60.8 Å². The highest BCUT2D eigenvalue weighted by Crippen LogP contribution is 2.53. The molecule has 15 rings (SSSR count). The first-order valence-electron chi connectivity index (χ1n) is 26.2. The number of furan rings is 1. The third-order valence-electron chi connectivity index (χ3n) is 16.8. The van der Waals surface area contributed by atoms with E-state index in [1.165, 1.54) is 94.1 Å². The molecule has 2 aliphatic rings. The van der Waals surface area contributed by atoms with Crippen LogP contribution in [0.25, 0.3) is 105 Å². The number of hydrogen-bond acceptors (Lipinski definition) is 2. The fourth-order valence-electron chi connectivity index (χ4n) is 13.0. The number of anilines is 3. The van der Waals surface area contributed by atoms with Gasteiger partial charge in [-0.05, 0) is 163 Å². The Bertz CT molecular complexity index is 4400. The lowest BCUT2D eigenvalue weighted by atomic mass is 9.82. The van der Waals surface area contributed by atoms with Crippen LogP contribution >= 0.6 is 0 Å². The van der Waals surface area contributed by atoms with Crippen LogP contribution in [0.3, 0.4) is 0 Å². The van der Waals surface area contributed by atoms with Crippen molar-refractivity contribution in [3.8, 4) is 61.3 Å². The van der Waals surface area contributed by atoms with Gasteiger partial charge in [0.25, 0.3) is 0 Å². The zero-order chi connectivity index (χ0) is 50.2. The topological polar surface area (TPSA) is 21.3 Å². The molecule has 0 atom stereocenters. The highest BCUT2D eigenvalue weighted by molar-refractivity contribution is 6.14. The van der Waals surface area contributed by atoms with Crippen LogP contribution in [-0.4, -0.2) is 4.57 Å². The molecular weight excluding hydrogens is 909 g/mol. The Morgan fingerprint density at radius 3 is 1.59 bits per heavy atom. The molecular formula is C72H52N2O. The Labute approximate surface area is 437 Å². The van der Waals surface area contributed by atoms with Gasteiger partial charge in [-0.25, -0.2) is 0 Å². The van der Waals surface area contributed by atoms with Gasteiger partial charge in [0.15, 0.2) is 0 Å². The van der Waals surface area contributed by atoms with E-state index < -0.39 is 0 Å². The minimum absolute atomic E-state index is 0.151. The van der Waals surface area contributed by atoms with Gasteiger partial charge >= 0.3 is 0 Å². The quantitative estimate of drug-likeness (QED) is 0.159. The van der Waals surface area contributed by atoms with Crippen molar-refractivity contribution in [2.75, 3.05) is 4.90 Å². The number of rotatable bonds is 7. The summed E-state index contributed by atoms with van der Waals surface area (Å²) in [5.74, 6) is 0. The molecule has 0 bridgehead atoms. The zero-order valence-corrected chi connectivity index (χ0v) is 42.4. The fourth-order valence-corrected chi connectivity index (χ4v) is 13.0. The van der Waals surface area contributed by atoms with Crippen LogP contribution in [0, 0.1) is 0 Å². The predicted molar refractivity (Wildman–Crippen MR) is 314 cm³/mol. The van der Waals surface area contributed by atoms with Crippen molar-refractivity contribution < 1.29 is 4.42 Å². The summed E-state index contributed by atoms with van der Waals surface area (Å²) in [7, 11) is 0. The molecule has 0 radical (unpaired) electrons. The van der Waals surface area contributed by atoms with Crippen molar-refractivity contribution in [1.29, 1.82) is 0 Å². The summed E-state index contributed by atoms with van der Waals surface area (Å²) in [5, 5.41) is 4.68. The van der Waals surface area contributed by atoms with E-state index in [9.17, 15) is 0 Å². The van der Waals surface area contributed by atoms with Crippen LogP contribution in [-0.2, 0) is 10.8 Å². The van der Waals surface area contributed by atoms with Gasteiger partial charge in [-0.2, -0.15) is 0 Å². The zero-order valence-electron chi connectivity index (χ0n) is 42.4. The van der Waals surface area contributed by atoms with Gasteiger partial charge < -0.3 is 13.9 Å². The van der Waals surface area contributed by atoms with Gasteiger partial charge in [-0.3, -0.25) is 0 Å². The van der Waals surface area contributed by atoms with E-state index in [-0.39, 0.29) is 10.8 Å². The first-order valence-corrected chi connectivity index (χ1v) is 26.2. The smallest absolute Gasteiger partial charge is 0.137 e. The van der Waals surface area contributed by atoms with E-state index in [0.29, 0.717) is 0 Å². The highest BCUT2D eigenvalue weighted by atomic mass is 16.3. The van der Waals surface area contributed by atoms with E-state index in [1.54, 1.807) is 0 Å². The highest BCUT2D eigenvalue weighted by Gasteiger charge is 2.38. The van der Waals surface area contributed by atoms with Crippen LogP contribution in [0.4, 0.5) is 17.1 Å². The Morgan fingerprint density at radius 2 is 0.880 bits per heavy atom. The number of benzene rings is 11. The summed E-state index contributed by atoms with van der Waals surface area (Å²) in [5.41, 5.74) is 26.0. The average molecular weight is 961 g/mol. The lowest BCUT2D eigenvalue weighted by Crippen LogP contribution is -2.16. The molecule has 0 saturated heterocycles. The van der Waals surface area contributed by atoms with E-state index >= 15 is 0 Å².